The summed E-state index contributed by atoms with van der Waals surface area (Å²) in [5.74, 6) is 0.622. The molecule has 1 aliphatic rings. The van der Waals surface area contributed by atoms with Gasteiger partial charge in [0.1, 0.15) is 11.6 Å². The van der Waals surface area contributed by atoms with Gasteiger partial charge in [0.25, 0.3) is 0 Å². The first-order valence-corrected chi connectivity index (χ1v) is 8.37. The fourth-order valence-electron chi connectivity index (χ4n) is 3.02. The number of anilines is 1. The number of nitrogens with zero attached hydrogens (tertiary/aromatic N) is 3. The van der Waals surface area contributed by atoms with Gasteiger partial charge in [-0.3, -0.25) is 0 Å². The maximum absolute atomic E-state index is 13.6. The molecule has 3 aromatic rings. The zero-order valence-corrected chi connectivity index (χ0v) is 13.6. The summed E-state index contributed by atoms with van der Waals surface area (Å²) in [4.78, 5) is 10.2. The number of aromatic amines is 1. The van der Waals surface area contributed by atoms with E-state index in [9.17, 15) is 4.39 Å². The summed E-state index contributed by atoms with van der Waals surface area (Å²) in [7, 11) is 1.68. The second-order valence-corrected chi connectivity index (χ2v) is 6.41. The highest BCUT2D eigenvalue weighted by molar-refractivity contribution is 7.09. The third kappa shape index (κ3) is 2.70. The maximum Gasteiger partial charge on any atom is 0.205 e. The molecule has 7 heteroatoms. The van der Waals surface area contributed by atoms with Crippen LogP contribution in [0.15, 0.2) is 18.2 Å². The number of H-pyrrole nitrogens is 1. The number of ether oxygens (including phenoxy) is 1. The predicted octanol–water partition coefficient (Wildman–Crippen LogP) is 2.91. The molecule has 5 nitrogen and oxygen atoms in total. The molecule has 0 saturated heterocycles. The number of hydrogen-bond donors (Lipinski definition) is 1. The Morgan fingerprint density at radius 3 is 3.22 bits per heavy atom. The molecule has 23 heavy (non-hydrogen) atoms. The van der Waals surface area contributed by atoms with Gasteiger partial charge < -0.3 is 14.6 Å². The Labute approximate surface area is 137 Å². The molecular weight excluding hydrogens is 315 g/mol. The minimum atomic E-state index is -0.200. The highest BCUT2D eigenvalue weighted by atomic mass is 32.1. The maximum atomic E-state index is 13.6. The van der Waals surface area contributed by atoms with Gasteiger partial charge in [0.2, 0.25) is 5.13 Å². The van der Waals surface area contributed by atoms with E-state index in [0.29, 0.717) is 6.61 Å². The Hall–Kier alpha value is -1.99. The van der Waals surface area contributed by atoms with Crippen molar-refractivity contribution in [3.63, 3.8) is 0 Å². The first kappa shape index (κ1) is 14.6. The smallest absolute Gasteiger partial charge is 0.205 e. The fourth-order valence-corrected chi connectivity index (χ4v) is 3.75. The number of benzene rings is 1. The molecule has 0 radical (unpaired) electrons. The number of aromatic nitrogens is 3. The van der Waals surface area contributed by atoms with E-state index >= 15 is 0 Å². The van der Waals surface area contributed by atoms with Gasteiger partial charge >= 0.3 is 0 Å². The number of methoxy groups -OCH3 is 1. The average Bonchev–Trinajstić information content (AvgIpc) is 3.16. The molecule has 0 fully saturated rings. The first-order valence-electron chi connectivity index (χ1n) is 7.60. The van der Waals surface area contributed by atoms with Gasteiger partial charge in [-0.05, 0) is 18.2 Å². The summed E-state index contributed by atoms with van der Waals surface area (Å²) in [6.07, 6.45) is 1.63. The van der Waals surface area contributed by atoms with Crippen molar-refractivity contribution < 1.29 is 9.13 Å². The van der Waals surface area contributed by atoms with E-state index in [0.717, 1.165) is 47.8 Å². The lowest BCUT2D eigenvalue weighted by atomic mass is 10.0. The summed E-state index contributed by atoms with van der Waals surface area (Å²) in [5, 5.41) is 1.89. The van der Waals surface area contributed by atoms with Crippen molar-refractivity contribution in [3.8, 4) is 0 Å². The third-order valence-electron chi connectivity index (χ3n) is 4.19. The fraction of sp³-hybridized carbons (Fsp3) is 0.375. The van der Waals surface area contributed by atoms with Crippen molar-refractivity contribution in [2.24, 2.45) is 0 Å². The Balaban J connectivity index is 1.61. The summed E-state index contributed by atoms with van der Waals surface area (Å²) < 4.78 is 23.0. The minimum Gasteiger partial charge on any atom is -0.384 e. The second kappa shape index (κ2) is 5.90. The minimum absolute atomic E-state index is 0.200. The van der Waals surface area contributed by atoms with Gasteiger partial charge in [-0.25, -0.2) is 9.37 Å². The third-order valence-corrected chi connectivity index (χ3v) is 5.01. The number of nitrogens with one attached hydrogen (secondary N) is 1. The van der Waals surface area contributed by atoms with Crippen molar-refractivity contribution in [2.75, 3.05) is 25.2 Å². The van der Waals surface area contributed by atoms with E-state index in [1.54, 1.807) is 19.2 Å². The van der Waals surface area contributed by atoms with E-state index in [1.165, 1.54) is 28.9 Å². The monoisotopic (exact) mass is 332 g/mol. The molecule has 1 N–H and O–H groups in total. The molecule has 0 atom stereocenters. The highest BCUT2D eigenvalue weighted by Gasteiger charge is 2.23. The topological polar surface area (TPSA) is 54.0 Å². The molecule has 0 bridgehead atoms. The van der Waals surface area contributed by atoms with Crippen LogP contribution in [0.2, 0.25) is 0 Å². The van der Waals surface area contributed by atoms with Crippen LogP contribution >= 0.6 is 11.5 Å². The standard InChI is InChI=1S/C16H17FN4OS/c1-22-7-5-15-19-16(23-20-15)21-6-4-14-12(9-21)11-8-10(17)2-3-13(11)18-14/h2-3,8,18H,4-7,9H2,1H3. The van der Waals surface area contributed by atoms with Gasteiger partial charge in [-0.1, -0.05) is 0 Å². The largest absolute Gasteiger partial charge is 0.384 e. The number of hydrogen-bond acceptors (Lipinski definition) is 5. The van der Waals surface area contributed by atoms with Crippen molar-refractivity contribution in [3.05, 3.63) is 41.1 Å². The normalized spacial score (nSPS) is 14.4. The van der Waals surface area contributed by atoms with Crippen molar-refractivity contribution in [1.82, 2.24) is 14.3 Å². The Bertz CT molecular complexity index is 844. The van der Waals surface area contributed by atoms with Crippen LogP contribution in [0, 0.1) is 5.82 Å². The molecule has 0 amide bonds. The Kier molecular flexibility index (Phi) is 3.74. The zero-order valence-electron chi connectivity index (χ0n) is 12.8. The molecule has 4 rings (SSSR count). The van der Waals surface area contributed by atoms with E-state index in [-0.39, 0.29) is 5.82 Å². The second-order valence-electron chi connectivity index (χ2n) is 5.68. The van der Waals surface area contributed by atoms with Crippen LogP contribution in [-0.2, 0) is 24.1 Å². The summed E-state index contributed by atoms with van der Waals surface area (Å²) in [6.45, 7) is 2.25. The lowest BCUT2D eigenvalue weighted by Gasteiger charge is -2.26. The van der Waals surface area contributed by atoms with Crippen LogP contribution in [0.1, 0.15) is 17.1 Å². The Morgan fingerprint density at radius 2 is 2.35 bits per heavy atom. The van der Waals surface area contributed by atoms with Gasteiger partial charge in [-0.15, -0.1) is 0 Å². The average molecular weight is 332 g/mol. The van der Waals surface area contributed by atoms with Crippen LogP contribution in [-0.4, -0.2) is 34.6 Å². The highest BCUT2D eigenvalue weighted by Crippen LogP contribution is 2.31. The molecule has 0 unspecified atom stereocenters. The predicted molar refractivity (Wildman–Crippen MR) is 88.5 cm³/mol. The van der Waals surface area contributed by atoms with Gasteiger partial charge in [0, 0.05) is 66.7 Å². The van der Waals surface area contributed by atoms with Gasteiger partial charge in [-0.2, -0.15) is 4.37 Å². The number of fused-ring (bicyclic) bond motifs is 3. The van der Waals surface area contributed by atoms with Gasteiger partial charge in [0.15, 0.2) is 0 Å². The molecule has 0 saturated carbocycles. The quantitative estimate of drug-likeness (QED) is 0.798. The van der Waals surface area contributed by atoms with Crippen LogP contribution in [0.3, 0.4) is 0 Å². The van der Waals surface area contributed by atoms with Crippen molar-refractivity contribution in [1.29, 1.82) is 0 Å². The number of halogens is 1. The lowest BCUT2D eigenvalue weighted by molar-refractivity contribution is 0.201. The first-order chi connectivity index (χ1) is 11.2. The van der Waals surface area contributed by atoms with Crippen LogP contribution in [0.25, 0.3) is 10.9 Å². The van der Waals surface area contributed by atoms with E-state index in [2.05, 4.69) is 19.2 Å². The lowest BCUT2D eigenvalue weighted by Crippen LogP contribution is -2.30. The summed E-state index contributed by atoms with van der Waals surface area (Å²) >= 11 is 1.42. The van der Waals surface area contributed by atoms with Crippen LogP contribution < -0.4 is 4.90 Å². The summed E-state index contributed by atoms with van der Waals surface area (Å²) in [6, 6.07) is 4.91. The summed E-state index contributed by atoms with van der Waals surface area (Å²) in [5.41, 5.74) is 3.36. The molecule has 1 aliphatic heterocycles. The SMILES string of the molecule is COCCc1nsc(N2CCc3[nH]c4ccc(F)cc4c3C2)n1. The molecule has 0 aliphatic carbocycles. The van der Waals surface area contributed by atoms with Crippen LogP contribution in [0.5, 0.6) is 0 Å². The molecular formula is C16H17FN4OS. The van der Waals surface area contributed by atoms with Crippen molar-refractivity contribution in [2.45, 2.75) is 19.4 Å². The molecule has 1 aromatic carbocycles. The van der Waals surface area contributed by atoms with Crippen molar-refractivity contribution >= 4 is 27.6 Å². The van der Waals surface area contributed by atoms with Crippen LogP contribution in [0.4, 0.5) is 9.52 Å². The van der Waals surface area contributed by atoms with E-state index in [1.807, 2.05) is 0 Å². The molecule has 3 heterocycles. The molecule has 2 aromatic heterocycles. The van der Waals surface area contributed by atoms with Gasteiger partial charge in [0.05, 0.1) is 6.61 Å². The molecule has 0 spiro atoms. The molecule has 120 valence electrons. The Morgan fingerprint density at radius 1 is 1.43 bits per heavy atom. The number of rotatable bonds is 4. The van der Waals surface area contributed by atoms with E-state index < -0.39 is 0 Å². The zero-order chi connectivity index (χ0) is 15.8. The van der Waals surface area contributed by atoms with E-state index in [4.69, 9.17) is 4.74 Å².